The van der Waals surface area contributed by atoms with E-state index in [-0.39, 0.29) is 5.91 Å². The van der Waals surface area contributed by atoms with E-state index in [2.05, 4.69) is 17.5 Å². The van der Waals surface area contributed by atoms with Crippen molar-refractivity contribution < 1.29 is 9.53 Å². The summed E-state index contributed by atoms with van der Waals surface area (Å²) in [4.78, 5) is 11.8. The van der Waals surface area contributed by atoms with Gasteiger partial charge in [-0.25, -0.2) is 5.43 Å². The predicted molar refractivity (Wildman–Crippen MR) is 119 cm³/mol. The number of methoxy groups -OCH3 is 1. The summed E-state index contributed by atoms with van der Waals surface area (Å²) in [6.07, 6.45) is 19.3. The number of rotatable bonds is 17. The number of carbonyl (C=O) groups is 1. The van der Waals surface area contributed by atoms with Gasteiger partial charge in [0.1, 0.15) is 5.75 Å². The zero-order valence-corrected chi connectivity index (χ0v) is 18.0. The topological polar surface area (TPSA) is 50.7 Å². The van der Waals surface area contributed by atoms with Crippen molar-refractivity contribution in [1.29, 1.82) is 0 Å². The fourth-order valence-electron chi connectivity index (χ4n) is 3.23. The van der Waals surface area contributed by atoms with E-state index in [1.54, 1.807) is 13.3 Å². The number of hydrogen-bond donors (Lipinski definition) is 1. The van der Waals surface area contributed by atoms with Crippen molar-refractivity contribution in [3.8, 4) is 5.75 Å². The normalized spacial score (nSPS) is 11.1. The molecule has 0 heterocycles. The SMILES string of the molecule is CCCCCCCCCCCCCCCC(=O)N/N=C\c1ccc(OC)cc1. The van der Waals surface area contributed by atoms with Gasteiger partial charge in [0.25, 0.3) is 0 Å². The maximum Gasteiger partial charge on any atom is 0.240 e. The van der Waals surface area contributed by atoms with Crippen molar-refractivity contribution in [2.75, 3.05) is 7.11 Å². The van der Waals surface area contributed by atoms with Gasteiger partial charge >= 0.3 is 0 Å². The Labute approximate surface area is 172 Å². The van der Waals surface area contributed by atoms with Gasteiger partial charge in [0.05, 0.1) is 13.3 Å². The van der Waals surface area contributed by atoms with Crippen molar-refractivity contribution in [3.63, 3.8) is 0 Å². The molecule has 1 aromatic rings. The third-order valence-corrected chi connectivity index (χ3v) is 5.03. The minimum absolute atomic E-state index is 0.00663. The van der Waals surface area contributed by atoms with Crippen LogP contribution in [0.2, 0.25) is 0 Å². The second-order valence-electron chi connectivity index (χ2n) is 7.56. The maximum absolute atomic E-state index is 11.8. The summed E-state index contributed by atoms with van der Waals surface area (Å²) in [5, 5.41) is 4.01. The molecule has 0 atom stereocenters. The standard InChI is InChI=1S/C24H40N2O2/c1-3-4-5-6-7-8-9-10-11-12-13-14-15-16-24(27)26-25-21-22-17-19-23(28-2)20-18-22/h17-21H,3-16H2,1-2H3,(H,26,27)/b25-21-. The highest BCUT2D eigenvalue weighted by Gasteiger charge is 1.99. The predicted octanol–water partition coefficient (Wildman–Crippen LogP) is 6.63. The van der Waals surface area contributed by atoms with E-state index in [0.717, 1.165) is 24.2 Å². The molecule has 4 nitrogen and oxygen atoms in total. The summed E-state index contributed by atoms with van der Waals surface area (Å²) in [7, 11) is 1.64. The van der Waals surface area contributed by atoms with Gasteiger partial charge in [-0.1, -0.05) is 84.0 Å². The third kappa shape index (κ3) is 13.3. The molecule has 0 spiro atoms. The molecule has 0 fully saturated rings. The van der Waals surface area contributed by atoms with Crippen LogP contribution in [0, 0.1) is 0 Å². The number of ether oxygens (including phenoxy) is 1. The monoisotopic (exact) mass is 388 g/mol. The molecule has 1 aromatic carbocycles. The van der Waals surface area contributed by atoms with Crippen LogP contribution in [-0.2, 0) is 4.79 Å². The summed E-state index contributed by atoms with van der Waals surface area (Å²) in [6.45, 7) is 2.27. The lowest BCUT2D eigenvalue weighted by Crippen LogP contribution is -2.16. The van der Waals surface area contributed by atoms with Crippen LogP contribution in [0.25, 0.3) is 0 Å². The van der Waals surface area contributed by atoms with Gasteiger partial charge in [0, 0.05) is 6.42 Å². The van der Waals surface area contributed by atoms with Gasteiger partial charge in [-0.2, -0.15) is 5.10 Å². The Hall–Kier alpha value is -1.84. The molecule has 0 aliphatic rings. The van der Waals surface area contributed by atoms with E-state index < -0.39 is 0 Å². The first kappa shape index (κ1) is 24.2. The minimum Gasteiger partial charge on any atom is -0.497 e. The maximum atomic E-state index is 11.8. The number of hydrogen-bond acceptors (Lipinski definition) is 3. The van der Waals surface area contributed by atoms with E-state index in [9.17, 15) is 4.79 Å². The summed E-state index contributed by atoms with van der Waals surface area (Å²) >= 11 is 0. The molecular weight excluding hydrogens is 348 g/mol. The molecule has 0 saturated heterocycles. The Morgan fingerprint density at radius 2 is 1.36 bits per heavy atom. The summed E-state index contributed by atoms with van der Waals surface area (Å²) < 4.78 is 5.11. The summed E-state index contributed by atoms with van der Waals surface area (Å²) in [5.41, 5.74) is 3.53. The Morgan fingerprint density at radius 3 is 1.86 bits per heavy atom. The molecule has 0 aliphatic carbocycles. The van der Waals surface area contributed by atoms with Crippen molar-refractivity contribution in [1.82, 2.24) is 5.43 Å². The third-order valence-electron chi connectivity index (χ3n) is 5.03. The van der Waals surface area contributed by atoms with E-state index in [1.165, 1.54) is 70.6 Å². The summed E-state index contributed by atoms with van der Waals surface area (Å²) in [5.74, 6) is 0.802. The first-order valence-electron chi connectivity index (χ1n) is 11.2. The van der Waals surface area contributed by atoms with Gasteiger partial charge in [-0.3, -0.25) is 4.79 Å². The quantitative estimate of drug-likeness (QED) is 0.185. The van der Waals surface area contributed by atoms with Crippen LogP contribution in [-0.4, -0.2) is 19.2 Å². The molecule has 0 aliphatic heterocycles. The van der Waals surface area contributed by atoms with Crippen LogP contribution in [0.4, 0.5) is 0 Å². The molecule has 0 radical (unpaired) electrons. The number of unbranched alkanes of at least 4 members (excludes halogenated alkanes) is 12. The highest BCUT2D eigenvalue weighted by Crippen LogP contribution is 2.13. The molecule has 1 rings (SSSR count). The highest BCUT2D eigenvalue weighted by atomic mass is 16.5. The van der Waals surface area contributed by atoms with Crippen LogP contribution < -0.4 is 10.2 Å². The Kier molecular flexibility index (Phi) is 14.9. The lowest BCUT2D eigenvalue weighted by molar-refractivity contribution is -0.121. The smallest absolute Gasteiger partial charge is 0.240 e. The van der Waals surface area contributed by atoms with Gasteiger partial charge < -0.3 is 4.74 Å². The zero-order valence-electron chi connectivity index (χ0n) is 18.0. The van der Waals surface area contributed by atoms with Crippen molar-refractivity contribution in [2.45, 2.75) is 96.8 Å². The zero-order chi connectivity index (χ0) is 20.3. The number of amides is 1. The first-order chi connectivity index (χ1) is 13.8. The molecule has 4 heteroatoms. The van der Waals surface area contributed by atoms with Crippen molar-refractivity contribution >= 4 is 12.1 Å². The van der Waals surface area contributed by atoms with E-state index >= 15 is 0 Å². The van der Waals surface area contributed by atoms with Crippen molar-refractivity contribution in [3.05, 3.63) is 29.8 Å². The van der Waals surface area contributed by atoms with Crippen LogP contribution in [0.15, 0.2) is 29.4 Å². The largest absolute Gasteiger partial charge is 0.497 e. The van der Waals surface area contributed by atoms with Gasteiger partial charge in [0.2, 0.25) is 5.91 Å². The number of benzene rings is 1. The molecule has 1 N–H and O–H groups in total. The molecular formula is C24H40N2O2. The number of nitrogens with one attached hydrogen (secondary N) is 1. The van der Waals surface area contributed by atoms with E-state index in [4.69, 9.17) is 4.74 Å². The average molecular weight is 389 g/mol. The Bertz CT molecular complexity index is 526. The fourth-order valence-corrected chi connectivity index (χ4v) is 3.23. The van der Waals surface area contributed by atoms with Gasteiger partial charge in [-0.15, -0.1) is 0 Å². The molecule has 0 unspecified atom stereocenters. The second-order valence-corrected chi connectivity index (χ2v) is 7.56. The summed E-state index contributed by atoms with van der Waals surface area (Å²) in [6, 6.07) is 7.55. The molecule has 0 aromatic heterocycles. The van der Waals surface area contributed by atoms with Gasteiger partial charge in [0.15, 0.2) is 0 Å². The number of carbonyl (C=O) groups excluding carboxylic acids is 1. The molecule has 1 amide bonds. The van der Waals surface area contributed by atoms with Gasteiger partial charge in [-0.05, 0) is 36.2 Å². The first-order valence-corrected chi connectivity index (χ1v) is 11.2. The lowest BCUT2D eigenvalue weighted by atomic mass is 10.0. The second kappa shape index (κ2) is 17.3. The fraction of sp³-hybridized carbons (Fsp3) is 0.667. The lowest BCUT2D eigenvalue weighted by Gasteiger charge is -2.03. The van der Waals surface area contributed by atoms with Crippen molar-refractivity contribution in [2.24, 2.45) is 5.10 Å². The average Bonchev–Trinajstić information content (AvgIpc) is 2.72. The number of hydrazone groups is 1. The minimum atomic E-state index is -0.00663. The number of nitrogens with zero attached hydrogens (tertiary/aromatic N) is 1. The molecule has 0 bridgehead atoms. The Morgan fingerprint density at radius 1 is 0.857 bits per heavy atom. The van der Waals surface area contributed by atoms with E-state index in [1.807, 2.05) is 24.3 Å². The molecule has 0 saturated carbocycles. The molecule has 28 heavy (non-hydrogen) atoms. The van der Waals surface area contributed by atoms with Crippen LogP contribution in [0.1, 0.15) is 102 Å². The van der Waals surface area contributed by atoms with Crippen LogP contribution in [0.5, 0.6) is 5.75 Å². The van der Waals surface area contributed by atoms with Crippen LogP contribution in [0.3, 0.4) is 0 Å². The Balaban J connectivity index is 1.90. The molecule has 158 valence electrons. The van der Waals surface area contributed by atoms with E-state index in [0.29, 0.717) is 6.42 Å². The van der Waals surface area contributed by atoms with Crippen LogP contribution >= 0.6 is 0 Å². The highest BCUT2D eigenvalue weighted by molar-refractivity contribution is 5.82.